The van der Waals surface area contributed by atoms with E-state index in [1.54, 1.807) is 45.0 Å². The van der Waals surface area contributed by atoms with Gasteiger partial charge in [0.2, 0.25) is 10.0 Å². The third kappa shape index (κ3) is 6.86. The average molecular weight is 507 g/mol. The molecule has 1 N–H and O–H groups in total. The highest BCUT2D eigenvalue weighted by atomic mass is 32.2. The fourth-order valence-electron chi connectivity index (χ4n) is 3.14. The first-order valence-electron chi connectivity index (χ1n) is 10.0. The Morgan fingerprint density at radius 2 is 1.58 bits per heavy atom. The van der Waals surface area contributed by atoms with E-state index < -0.39 is 60.4 Å². The minimum Gasteiger partial charge on any atom is -0.598 e. The van der Waals surface area contributed by atoms with Crippen molar-refractivity contribution in [3.63, 3.8) is 0 Å². The Morgan fingerprint density at radius 1 is 1.06 bits per heavy atom. The summed E-state index contributed by atoms with van der Waals surface area (Å²) in [5.74, 6) is -3.92. The minimum absolute atomic E-state index is 0.0147. The first-order valence-corrected chi connectivity index (χ1v) is 12.8. The molecule has 33 heavy (non-hydrogen) atoms. The van der Waals surface area contributed by atoms with E-state index in [4.69, 9.17) is 4.74 Å². The SMILES string of the molecule is COc1ccc(CN(C)S(=O)(=O)C[C@](C)(N[S+]([O-])C(C)(C)C)c2c(F)cc(F)cc2F)cc1. The number of methoxy groups -OCH3 is 1. The lowest BCUT2D eigenvalue weighted by molar-refractivity contribution is 0.392. The fraction of sp³-hybridized carbons (Fsp3) is 0.455. The molecule has 0 bridgehead atoms. The molecule has 0 aromatic heterocycles. The van der Waals surface area contributed by atoms with Crippen molar-refractivity contribution in [3.05, 3.63) is 65.0 Å². The highest BCUT2D eigenvalue weighted by Crippen LogP contribution is 2.32. The Hall–Kier alpha value is -1.79. The van der Waals surface area contributed by atoms with Crippen LogP contribution in [-0.4, -0.2) is 41.9 Å². The van der Waals surface area contributed by atoms with Crippen molar-refractivity contribution in [3.8, 4) is 5.75 Å². The van der Waals surface area contributed by atoms with Gasteiger partial charge in [-0.1, -0.05) is 12.1 Å². The zero-order valence-corrected chi connectivity index (χ0v) is 21.0. The van der Waals surface area contributed by atoms with Gasteiger partial charge in [0.05, 0.1) is 12.9 Å². The molecule has 0 radical (unpaired) electrons. The number of hydrogen-bond donors (Lipinski definition) is 1. The van der Waals surface area contributed by atoms with Gasteiger partial charge in [0.1, 0.15) is 33.5 Å². The first kappa shape index (κ1) is 27.5. The van der Waals surface area contributed by atoms with Gasteiger partial charge in [0.25, 0.3) is 0 Å². The molecule has 2 aromatic carbocycles. The van der Waals surface area contributed by atoms with Crippen LogP contribution >= 0.6 is 0 Å². The van der Waals surface area contributed by atoms with Crippen molar-refractivity contribution in [1.82, 2.24) is 9.03 Å². The van der Waals surface area contributed by atoms with Crippen molar-refractivity contribution in [2.75, 3.05) is 19.9 Å². The maximum absolute atomic E-state index is 14.7. The molecule has 0 amide bonds. The lowest BCUT2D eigenvalue weighted by atomic mass is 9.94. The monoisotopic (exact) mass is 506 g/mol. The normalized spacial score (nSPS) is 15.4. The highest BCUT2D eigenvalue weighted by molar-refractivity contribution is 7.91. The number of sulfonamides is 1. The van der Waals surface area contributed by atoms with Gasteiger partial charge in [-0.25, -0.2) is 25.9 Å². The van der Waals surface area contributed by atoms with E-state index in [2.05, 4.69) is 4.72 Å². The van der Waals surface area contributed by atoms with E-state index in [0.29, 0.717) is 23.4 Å². The molecule has 0 heterocycles. The van der Waals surface area contributed by atoms with Crippen LogP contribution in [0, 0.1) is 17.5 Å². The van der Waals surface area contributed by atoms with Crippen molar-refractivity contribution >= 4 is 21.4 Å². The largest absolute Gasteiger partial charge is 0.598 e. The summed E-state index contributed by atoms with van der Waals surface area (Å²) >= 11 is -1.89. The maximum atomic E-state index is 14.7. The summed E-state index contributed by atoms with van der Waals surface area (Å²) in [4.78, 5) is 0. The van der Waals surface area contributed by atoms with E-state index in [1.807, 2.05) is 0 Å². The molecule has 0 aliphatic rings. The standard InChI is InChI=1S/C22H29F3N2O4S2/c1-21(2,3)32(28)26-22(4,20-18(24)11-16(23)12-19(20)25)14-33(29,30)27(5)13-15-7-9-17(31-6)10-8-15/h7-12,26H,13-14H2,1-6H3/t22-,32?/m0/s1. The Balaban J connectivity index is 2.44. The summed E-state index contributed by atoms with van der Waals surface area (Å²) in [5.41, 5.74) is -2.01. The van der Waals surface area contributed by atoms with Gasteiger partial charge in [-0.05, 0) is 45.4 Å². The van der Waals surface area contributed by atoms with Crippen molar-refractivity contribution in [1.29, 1.82) is 0 Å². The van der Waals surface area contributed by atoms with Gasteiger partial charge in [-0.15, -0.1) is 4.72 Å². The van der Waals surface area contributed by atoms with Crippen LogP contribution in [-0.2, 0) is 33.5 Å². The second kappa shape index (κ2) is 10.2. The lowest BCUT2D eigenvalue weighted by Crippen LogP contribution is -2.55. The van der Waals surface area contributed by atoms with Crippen molar-refractivity contribution < 1.29 is 30.9 Å². The number of hydrogen-bond acceptors (Lipinski definition) is 5. The molecule has 2 rings (SSSR count). The summed E-state index contributed by atoms with van der Waals surface area (Å²) in [5, 5.41) is 0. The van der Waals surface area contributed by atoms with Crippen LogP contribution in [0.25, 0.3) is 0 Å². The van der Waals surface area contributed by atoms with Crippen LogP contribution in [0.5, 0.6) is 5.75 Å². The molecule has 0 saturated carbocycles. The van der Waals surface area contributed by atoms with E-state index in [-0.39, 0.29) is 6.54 Å². The summed E-state index contributed by atoms with van der Waals surface area (Å²) in [7, 11) is -1.30. The predicted molar refractivity (Wildman–Crippen MR) is 123 cm³/mol. The number of halogens is 3. The number of ether oxygens (including phenoxy) is 1. The predicted octanol–water partition coefficient (Wildman–Crippen LogP) is 3.84. The molecule has 11 heteroatoms. The molecule has 0 aliphatic carbocycles. The van der Waals surface area contributed by atoms with Crippen LogP contribution in [0.4, 0.5) is 13.2 Å². The van der Waals surface area contributed by atoms with Gasteiger partial charge >= 0.3 is 0 Å². The van der Waals surface area contributed by atoms with Gasteiger partial charge in [0.15, 0.2) is 0 Å². The van der Waals surface area contributed by atoms with Gasteiger partial charge < -0.3 is 9.29 Å². The Morgan fingerprint density at radius 3 is 2.03 bits per heavy atom. The molecule has 1 unspecified atom stereocenters. The quantitative estimate of drug-likeness (QED) is 0.523. The Kier molecular flexibility index (Phi) is 8.51. The maximum Gasteiger partial charge on any atom is 0.216 e. The summed E-state index contributed by atoms with van der Waals surface area (Å²) in [6.45, 7) is 6.09. The van der Waals surface area contributed by atoms with E-state index in [1.165, 1.54) is 21.1 Å². The molecular weight excluding hydrogens is 477 g/mol. The number of benzene rings is 2. The fourth-order valence-corrected chi connectivity index (χ4v) is 5.63. The van der Waals surface area contributed by atoms with Crippen molar-refractivity contribution in [2.24, 2.45) is 0 Å². The van der Waals surface area contributed by atoms with Gasteiger partial charge in [0, 0.05) is 42.7 Å². The van der Waals surface area contributed by atoms with E-state index in [9.17, 15) is 26.1 Å². The highest BCUT2D eigenvalue weighted by Gasteiger charge is 2.44. The Bertz CT molecular complexity index is 1050. The molecule has 0 saturated heterocycles. The third-order valence-electron chi connectivity index (χ3n) is 4.94. The number of nitrogens with one attached hydrogen (secondary N) is 1. The molecule has 0 fully saturated rings. The summed E-state index contributed by atoms with van der Waals surface area (Å²) in [6, 6.07) is 7.67. The van der Waals surface area contributed by atoms with Crippen LogP contribution in [0.3, 0.4) is 0 Å². The van der Waals surface area contributed by atoms with Gasteiger partial charge in [-0.3, -0.25) is 0 Å². The molecule has 0 aliphatic heterocycles. The molecule has 2 aromatic rings. The minimum atomic E-state index is -4.14. The van der Waals surface area contributed by atoms with Crippen LogP contribution in [0.1, 0.15) is 38.8 Å². The zero-order valence-electron chi connectivity index (χ0n) is 19.4. The topological polar surface area (TPSA) is 81.7 Å². The molecule has 0 spiro atoms. The number of nitrogens with zero attached hydrogens (tertiary/aromatic N) is 1. The summed E-state index contributed by atoms with van der Waals surface area (Å²) < 4.78 is 90.0. The lowest BCUT2D eigenvalue weighted by Gasteiger charge is -2.36. The first-order chi connectivity index (χ1) is 15.1. The van der Waals surface area contributed by atoms with Crippen LogP contribution in [0.15, 0.2) is 36.4 Å². The van der Waals surface area contributed by atoms with E-state index >= 15 is 0 Å². The number of rotatable bonds is 9. The molecule has 6 nitrogen and oxygen atoms in total. The van der Waals surface area contributed by atoms with Crippen LogP contribution in [0.2, 0.25) is 0 Å². The summed E-state index contributed by atoms with van der Waals surface area (Å²) in [6.07, 6.45) is 0. The Labute approximate surface area is 196 Å². The second-order valence-electron chi connectivity index (χ2n) is 8.92. The second-order valence-corrected chi connectivity index (χ2v) is 13.0. The van der Waals surface area contributed by atoms with E-state index in [0.717, 1.165) is 4.31 Å². The molecule has 184 valence electrons. The van der Waals surface area contributed by atoms with Gasteiger partial charge in [-0.2, -0.15) is 0 Å². The average Bonchev–Trinajstić information content (AvgIpc) is 2.66. The van der Waals surface area contributed by atoms with Crippen LogP contribution < -0.4 is 9.46 Å². The van der Waals surface area contributed by atoms with Crippen molar-refractivity contribution in [2.45, 2.75) is 44.5 Å². The molecule has 2 atom stereocenters. The third-order valence-corrected chi connectivity index (χ3v) is 8.71. The zero-order chi connectivity index (χ0) is 25.2. The smallest absolute Gasteiger partial charge is 0.216 e. The molecular formula is C22H29F3N2O4S2.